The predicted octanol–water partition coefficient (Wildman–Crippen LogP) is 4.91. The van der Waals surface area contributed by atoms with Crippen molar-refractivity contribution in [3.05, 3.63) is 39.0 Å². The van der Waals surface area contributed by atoms with Gasteiger partial charge in [-0.15, -0.1) is 0 Å². The second-order valence-corrected chi connectivity index (χ2v) is 6.41. The fraction of sp³-hybridized carbons (Fsp3) is 0.267. The highest BCUT2D eigenvalue weighted by Gasteiger charge is 2.19. The number of nitrogens with zero attached hydrogens (tertiary/aromatic N) is 3. The van der Waals surface area contributed by atoms with Crippen molar-refractivity contribution in [3.8, 4) is 11.8 Å². The van der Waals surface area contributed by atoms with Crippen molar-refractivity contribution in [3.63, 3.8) is 0 Å². The van der Waals surface area contributed by atoms with E-state index in [-0.39, 0.29) is 39.0 Å². The topological polar surface area (TPSA) is 79.9 Å². The number of carbonyl (C=O) groups excluding carboxylic acids is 1. The van der Waals surface area contributed by atoms with Crippen molar-refractivity contribution >= 4 is 46.7 Å². The van der Waals surface area contributed by atoms with Crippen LogP contribution >= 0.6 is 34.8 Å². The lowest BCUT2D eigenvalue weighted by Crippen LogP contribution is -2.19. The first-order valence-electron chi connectivity index (χ1n) is 6.91. The van der Waals surface area contributed by atoms with Crippen LogP contribution in [0, 0.1) is 17.2 Å². The molecule has 1 heterocycles. The number of nitrogens with one attached hydrogen (secondary N) is 1. The van der Waals surface area contributed by atoms with Crippen LogP contribution in [-0.2, 0) is 4.74 Å². The van der Waals surface area contributed by atoms with Crippen LogP contribution in [0.15, 0.2) is 18.3 Å². The van der Waals surface area contributed by atoms with Gasteiger partial charge < -0.3 is 4.74 Å². The van der Waals surface area contributed by atoms with E-state index >= 15 is 0 Å². The van der Waals surface area contributed by atoms with E-state index in [2.05, 4.69) is 10.4 Å². The van der Waals surface area contributed by atoms with Crippen LogP contribution < -0.4 is 5.32 Å². The van der Waals surface area contributed by atoms with Crippen molar-refractivity contribution in [1.29, 1.82) is 5.26 Å². The molecule has 0 saturated heterocycles. The Morgan fingerprint density at radius 2 is 2.08 bits per heavy atom. The summed E-state index contributed by atoms with van der Waals surface area (Å²) >= 11 is 18.1. The van der Waals surface area contributed by atoms with Gasteiger partial charge in [-0.05, 0) is 18.1 Å². The molecular formula is C15H13Cl3N4O2. The molecule has 1 aromatic heterocycles. The van der Waals surface area contributed by atoms with E-state index in [1.807, 2.05) is 19.9 Å². The Morgan fingerprint density at radius 3 is 2.71 bits per heavy atom. The molecule has 6 nitrogen and oxygen atoms in total. The van der Waals surface area contributed by atoms with E-state index in [4.69, 9.17) is 39.5 Å². The van der Waals surface area contributed by atoms with Gasteiger partial charge in [-0.3, -0.25) is 5.32 Å². The molecule has 0 spiro atoms. The summed E-state index contributed by atoms with van der Waals surface area (Å²) in [5.41, 5.74) is 0.519. The Bertz CT molecular complexity index is 812. The van der Waals surface area contributed by atoms with Gasteiger partial charge in [0.15, 0.2) is 5.82 Å². The predicted molar refractivity (Wildman–Crippen MR) is 93.1 cm³/mol. The summed E-state index contributed by atoms with van der Waals surface area (Å²) < 4.78 is 6.35. The molecule has 0 aliphatic heterocycles. The minimum absolute atomic E-state index is 0.131. The smallest absolute Gasteiger partial charge is 0.412 e. The lowest BCUT2D eigenvalue weighted by Gasteiger charge is -2.13. The number of nitriles is 1. The summed E-state index contributed by atoms with van der Waals surface area (Å²) in [6.45, 7) is 4.07. The minimum atomic E-state index is -0.696. The summed E-state index contributed by atoms with van der Waals surface area (Å²) in [6.07, 6.45) is 0.606. The highest BCUT2D eigenvalue weighted by Crippen LogP contribution is 2.36. The van der Waals surface area contributed by atoms with Gasteiger partial charge in [0, 0.05) is 0 Å². The zero-order valence-electron chi connectivity index (χ0n) is 12.8. The number of carbonyl (C=O) groups is 1. The SMILES string of the molecule is CC(C)COC(=O)Nc1c(C#N)cnn1-c1ccc(Cl)c(Cl)c1Cl. The highest BCUT2D eigenvalue weighted by molar-refractivity contribution is 6.48. The standard InChI is InChI=1S/C15H13Cl3N4O2/c1-8(2)7-24-15(23)21-14-9(5-19)6-20-22(14)11-4-3-10(16)12(17)13(11)18/h3-4,6,8H,7H2,1-2H3,(H,21,23). The first kappa shape index (κ1) is 18.4. The van der Waals surface area contributed by atoms with Crippen LogP contribution in [0.25, 0.3) is 5.69 Å². The van der Waals surface area contributed by atoms with Gasteiger partial charge in [0.05, 0.1) is 33.6 Å². The summed E-state index contributed by atoms with van der Waals surface area (Å²) in [5, 5.41) is 16.4. The normalized spacial score (nSPS) is 10.5. The molecule has 1 amide bonds. The van der Waals surface area contributed by atoms with Crippen LogP contribution in [0.2, 0.25) is 15.1 Å². The molecule has 0 radical (unpaired) electrons. The van der Waals surface area contributed by atoms with Crippen LogP contribution in [0.4, 0.5) is 10.6 Å². The third kappa shape index (κ3) is 3.93. The van der Waals surface area contributed by atoms with Crippen LogP contribution in [0.1, 0.15) is 19.4 Å². The summed E-state index contributed by atoms with van der Waals surface area (Å²) in [4.78, 5) is 11.9. The molecule has 1 N–H and O–H groups in total. The Labute approximate surface area is 153 Å². The molecule has 9 heteroatoms. The van der Waals surface area contributed by atoms with Gasteiger partial charge in [0.1, 0.15) is 11.6 Å². The largest absolute Gasteiger partial charge is 0.449 e. The molecular weight excluding hydrogens is 375 g/mol. The Balaban J connectivity index is 2.40. The molecule has 2 rings (SSSR count). The van der Waals surface area contributed by atoms with Crippen molar-refractivity contribution in [2.24, 2.45) is 5.92 Å². The number of hydrogen-bond acceptors (Lipinski definition) is 4. The number of halogens is 3. The fourth-order valence-corrected chi connectivity index (χ4v) is 2.40. The number of rotatable bonds is 4. The number of aromatic nitrogens is 2. The van der Waals surface area contributed by atoms with E-state index in [0.717, 1.165) is 0 Å². The van der Waals surface area contributed by atoms with Crippen molar-refractivity contribution in [2.75, 3.05) is 11.9 Å². The van der Waals surface area contributed by atoms with Gasteiger partial charge in [0.2, 0.25) is 0 Å². The molecule has 2 aromatic rings. The van der Waals surface area contributed by atoms with Gasteiger partial charge >= 0.3 is 6.09 Å². The van der Waals surface area contributed by atoms with E-state index in [1.165, 1.54) is 10.9 Å². The number of anilines is 1. The maximum absolute atomic E-state index is 11.9. The maximum atomic E-state index is 11.9. The minimum Gasteiger partial charge on any atom is -0.449 e. The molecule has 0 bridgehead atoms. The number of hydrogen-bond donors (Lipinski definition) is 1. The highest BCUT2D eigenvalue weighted by atomic mass is 35.5. The zero-order valence-corrected chi connectivity index (χ0v) is 15.1. The van der Waals surface area contributed by atoms with Crippen LogP contribution in [-0.4, -0.2) is 22.5 Å². The van der Waals surface area contributed by atoms with Gasteiger partial charge in [-0.1, -0.05) is 48.7 Å². The number of ether oxygens (including phenoxy) is 1. The molecule has 1 aromatic carbocycles. The molecule has 24 heavy (non-hydrogen) atoms. The quantitative estimate of drug-likeness (QED) is 0.756. The molecule has 0 atom stereocenters. The summed E-state index contributed by atoms with van der Waals surface area (Å²) in [7, 11) is 0. The Hall–Kier alpha value is -1.94. The lowest BCUT2D eigenvalue weighted by atomic mass is 10.2. The molecule has 0 aliphatic carbocycles. The molecule has 0 fully saturated rings. The average molecular weight is 388 g/mol. The second kappa shape index (κ2) is 7.75. The molecule has 126 valence electrons. The Kier molecular flexibility index (Phi) is 5.94. The van der Waals surface area contributed by atoms with Gasteiger partial charge in [-0.2, -0.15) is 10.4 Å². The Morgan fingerprint density at radius 1 is 1.38 bits per heavy atom. The van der Waals surface area contributed by atoms with Crippen molar-refractivity contribution in [2.45, 2.75) is 13.8 Å². The maximum Gasteiger partial charge on any atom is 0.412 e. The van der Waals surface area contributed by atoms with Crippen LogP contribution in [0.3, 0.4) is 0 Å². The zero-order chi connectivity index (χ0) is 17.9. The lowest BCUT2D eigenvalue weighted by molar-refractivity contribution is 0.147. The monoisotopic (exact) mass is 386 g/mol. The molecule has 0 unspecified atom stereocenters. The van der Waals surface area contributed by atoms with Gasteiger partial charge in [0.25, 0.3) is 0 Å². The third-order valence-corrected chi connectivity index (χ3v) is 4.18. The summed E-state index contributed by atoms with van der Waals surface area (Å²) in [5.74, 6) is 0.312. The molecule has 0 aliphatic rings. The van der Waals surface area contributed by atoms with E-state index in [0.29, 0.717) is 5.69 Å². The number of amides is 1. The van der Waals surface area contributed by atoms with E-state index < -0.39 is 6.09 Å². The summed E-state index contributed by atoms with van der Waals surface area (Å²) in [6, 6.07) is 5.07. The van der Waals surface area contributed by atoms with Crippen LogP contribution in [0.5, 0.6) is 0 Å². The average Bonchev–Trinajstić information content (AvgIpc) is 2.93. The van der Waals surface area contributed by atoms with Gasteiger partial charge in [-0.25, -0.2) is 9.48 Å². The molecule has 0 saturated carbocycles. The first-order chi connectivity index (χ1) is 11.3. The second-order valence-electron chi connectivity index (χ2n) is 5.24. The van der Waals surface area contributed by atoms with Crippen molar-refractivity contribution < 1.29 is 9.53 Å². The fourth-order valence-electron chi connectivity index (χ4n) is 1.79. The van der Waals surface area contributed by atoms with E-state index in [9.17, 15) is 10.1 Å². The number of benzene rings is 1. The third-order valence-electron chi connectivity index (χ3n) is 2.90. The first-order valence-corrected chi connectivity index (χ1v) is 8.04. The van der Waals surface area contributed by atoms with Crippen molar-refractivity contribution in [1.82, 2.24) is 9.78 Å². The van der Waals surface area contributed by atoms with E-state index in [1.54, 1.807) is 12.1 Å².